The van der Waals surface area contributed by atoms with Crippen molar-refractivity contribution in [1.82, 2.24) is 10.2 Å². The van der Waals surface area contributed by atoms with Crippen molar-refractivity contribution in [1.29, 1.82) is 0 Å². The zero-order chi connectivity index (χ0) is 12.3. The normalized spacial score (nSPS) is 9.94. The predicted molar refractivity (Wildman–Crippen MR) is 60.8 cm³/mol. The van der Waals surface area contributed by atoms with Crippen LogP contribution in [0.15, 0.2) is 36.7 Å². The van der Waals surface area contributed by atoms with Crippen molar-refractivity contribution in [3.63, 3.8) is 0 Å². The summed E-state index contributed by atoms with van der Waals surface area (Å²) in [6.45, 7) is 0. The third kappa shape index (κ3) is 2.54. The number of carbonyl (C=O) groups is 1. The number of halogens is 1. The van der Waals surface area contributed by atoms with E-state index in [9.17, 15) is 9.18 Å². The topological polar surface area (TPSA) is 80.9 Å². The van der Waals surface area contributed by atoms with Crippen molar-refractivity contribution in [2.75, 3.05) is 11.1 Å². The van der Waals surface area contributed by atoms with E-state index in [4.69, 9.17) is 5.73 Å². The molecule has 0 saturated carbocycles. The number of nitrogens with one attached hydrogen (secondary N) is 1. The molecule has 1 amide bonds. The molecule has 0 aliphatic heterocycles. The number of nitrogens with two attached hydrogens (primary N) is 1. The van der Waals surface area contributed by atoms with Gasteiger partial charge in [-0.25, -0.2) is 4.39 Å². The summed E-state index contributed by atoms with van der Waals surface area (Å²) in [5.74, 6) is -1.01. The summed E-state index contributed by atoms with van der Waals surface area (Å²) in [5, 5.41) is 9.51. The maximum atomic E-state index is 13.3. The molecular formula is C11H9FN4O. The van der Waals surface area contributed by atoms with E-state index in [0.29, 0.717) is 11.3 Å². The van der Waals surface area contributed by atoms with Crippen LogP contribution < -0.4 is 11.1 Å². The van der Waals surface area contributed by atoms with Crippen LogP contribution in [0.3, 0.4) is 0 Å². The molecule has 3 N–H and O–H groups in total. The minimum atomic E-state index is -0.547. The standard InChI is InChI=1S/C11H9FN4O/c12-9-2-1-8(13)5-10(9)16-11(17)7-3-4-14-15-6-7/h1-6H,13H2,(H,16,17). The van der Waals surface area contributed by atoms with Gasteiger partial charge in [0.2, 0.25) is 0 Å². The van der Waals surface area contributed by atoms with Crippen LogP contribution in [0.5, 0.6) is 0 Å². The molecule has 2 aromatic rings. The van der Waals surface area contributed by atoms with Crippen molar-refractivity contribution in [3.8, 4) is 0 Å². The second-order valence-corrected chi connectivity index (χ2v) is 3.32. The Hall–Kier alpha value is -2.50. The second kappa shape index (κ2) is 4.56. The number of benzene rings is 1. The fourth-order valence-electron chi connectivity index (χ4n) is 1.26. The summed E-state index contributed by atoms with van der Waals surface area (Å²) in [7, 11) is 0. The summed E-state index contributed by atoms with van der Waals surface area (Å²) < 4.78 is 13.3. The smallest absolute Gasteiger partial charge is 0.257 e. The molecule has 0 saturated heterocycles. The largest absolute Gasteiger partial charge is 0.399 e. The molecule has 0 radical (unpaired) electrons. The van der Waals surface area contributed by atoms with Gasteiger partial charge < -0.3 is 11.1 Å². The highest BCUT2D eigenvalue weighted by molar-refractivity contribution is 6.04. The SMILES string of the molecule is Nc1ccc(F)c(NC(=O)c2ccnnc2)c1. The van der Waals surface area contributed by atoms with Crippen molar-refractivity contribution < 1.29 is 9.18 Å². The van der Waals surface area contributed by atoms with Crippen LogP contribution >= 0.6 is 0 Å². The number of carbonyl (C=O) groups excluding carboxylic acids is 1. The first-order chi connectivity index (χ1) is 8.16. The van der Waals surface area contributed by atoms with Crippen LogP contribution in [-0.4, -0.2) is 16.1 Å². The van der Waals surface area contributed by atoms with Gasteiger partial charge >= 0.3 is 0 Å². The molecule has 0 bridgehead atoms. The molecule has 0 unspecified atom stereocenters. The molecule has 2 rings (SSSR count). The predicted octanol–water partition coefficient (Wildman–Crippen LogP) is 1.45. The Kier molecular flexibility index (Phi) is 2.95. The summed E-state index contributed by atoms with van der Waals surface area (Å²) in [6, 6.07) is 5.43. The first-order valence-electron chi connectivity index (χ1n) is 4.80. The van der Waals surface area contributed by atoms with Gasteiger partial charge in [0.15, 0.2) is 0 Å². The average molecular weight is 232 g/mol. The van der Waals surface area contributed by atoms with Crippen molar-refractivity contribution in [2.45, 2.75) is 0 Å². The highest BCUT2D eigenvalue weighted by atomic mass is 19.1. The van der Waals surface area contributed by atoms with Crippen LogP contribution in [0.2, 0.25) is 0 Å². The Labute approximate surface area is 96.5 Å². The third-order valence-corrected chi connectivity index (χ3v) is 2.09. The highest BCUT2D eigenvalue weighted by Crippen LogP contribution is 2.18. The summed E-state index contributed by atoms with van der Waals surface area (Å²) in [6.07, 6.45) is 2.67. The molecule has 5 nitrogen and oxygen atoms in total. The lowest BCUT2D eigenvalue weighted by atomic mass is 10.2. The molecule has 1 heterocycles. The van der Waals surface area contributed by atoms with E-state index < -0.39 is 11.7 Å². The zero-order valence-electron chi connectivity index (χ0n) is 8.72. The number of hydrogen-bond acceptors (Lipinski definition) is 4. The molecule has 0 aliphatic rings. The summed E-state index contributed by atoms with van der Waals surface area (Å²) in [5.41, 5.74) is 6.20. The number of aromatic nitrogens is 2. The summed E-state index contributed by atoms with van der Waals surface area (Å²) >= 11 is 0. The van der Waals surface area contributed by atoms with Crippen LogP contribution in [0, 0.1) is 5.82 Å². The minimum absolute atomic E-state index is 0.0341. The monoisotopic (exact) mass is 232 g/mol. The van der Waals surface area contributed by atoms with Gasteiger partial charge in [0.05, 0.1) is 23.6 Å². The van der Waals surface area contributed by atoms with E-state index in [0.717, 1.165) is 0 Å². The first kappa shape index (κ1) is 11.0. The molecular weight excluding hydrogens is 223 g/mol. The number of nitrogens with zero attached hydrogens (tertiary/aromatic N) is 2. The van der Waals surface area contributed by atoms with Gasteiger partial charge in [0, 0.05) is 5.69 Å². The lowest BCUT2D eigenvalue weighted by molar-refractivity contribution is 0.102. The highest BCUT2D eigenvalue weighted by Gasteiger charge is 2.09. The Balaban J connectivity index is 2.22. The zero-order valence-corrected chi connectivity index (χ0v) is 8.72. The average Bonchev–Trinajstić information content (AvgIpc) is 2.35. The Morgan fingerprint density at radius 3 is 2.82 bits per heavy atom. The molecule has 0 aliphatic carbocycles. The van der Waals surface area contributed by atoms with Gasteiger partial charge in [-0.15, -0.1) is 0 Å². The molecule has 0 atom stereocenters. The molecule has 6 heteroatoms. The van der Waals surface area contributed by atoms with Crippen molar-refractivity contribution in [3.05, 3.63) is 48.0 Å². The maximum Gasteiger partial charge on any atom is 0.257 e. The van der Waals surface area contributed by atoms with E-state index in [1.165, 1.54) is 36.7 Å². The molecule has 0 spiro atoms. The van der Waals surface area contributed by atoms with Crippen molar-refractivity contribution in [2.24, 2.45) is 0 Å². The van der Waals surface area contributed by atoms with Gasteiger partial charge in [0.25, 0.3) is 5.91 Å². The Morgan fingerprint density at radius 2 is 2.12 bits per heavy atom. The van der Waals surface area contributed by atoms with Gasteiger partial charge in [-0.1, -0.05) is 0 Å². The number of nitrogen functional groups attached to an aromatic ring is 1. The number of hydrogen-bond donors (Lipinski definition) is 2. The maximum absolute atomic E-state index is 13.3. The minimum Gasteiger partial charge on any atom is -0.399 e. The number of amides is 1. The Morgan fingerprint density at radius 1 is 1.29 bits per heavy atom. The van der Waals surface area contributed by atoms with E-state index >= 15 is 0 Å². The van der Waals surface area contributed by atoms with E-state index in [2.05, 4.69) is 15.5 Å². The van der Waals surface area contributed by atoms with E-state index in [1.54, 1.807) is 0 Å². The van der Waals surface area contributed by atoms with Crippen LogP contribution in [0.25, 0.3) is 0 Å². The molecule has 17 heavy (non-hydrogen) atoms. The van der Waals surface area contributed by atoms with E-state index in [-0.39, 0.29) is 5.69 Å². The number of rotatable bonds is 2. The molecule has 1 aromatic carbocycles. The molecule has 1 aromatic heterocycles. The Bertz CT molecular complexity index is 544. The fraction of sp³-hybridized carbons (Fsp3) is 0. The summed E-state index contributed by atoms with van der Waals surface area (Å²) in [4.78, 5) is 11.7. The van der Waals surface area contributed by atoms with Gasteiger partial charge in [-0.3, -0.25) is 4.79 Å². The van der Waals surface area contributed by atoms with Crippen molar-refractivity contribution >= 4 is 17.3 Å². The van der Waals surface area contributed by atoms with Crippen LogP contribution in [-0.2, 0) is 0 Å². The molecule has 0 fully saturated rings. The third-order valence-electron chi connectivity index (χ3n) is 2.09. The van der Waals surface area contributed by atoms with Crippen LogP contribution in [0.4, 0.5) is 15.8 Å². The fourth-order valence-corrected chi connectivity index (χ4v) is 1.26. The van der Waals surface area contributed by atoms with Gasteiger partial charge in [-0.2, -0.15) is 10.2 Å². The van der Waals surface area contributed by atoms with Gasteiger partial charge in [-0.05, 0) is 24.3 Å². The lowest BCUT2D eigenvalue weighted by Gasteiger charge is -2.06. The van der Waals surface area contributed by atoms with Crippen LogP contribution in [0.1, 0.15) is 10.4 Å². The van der Waals surface area contributed by atoms with Gasteiger partial charge in [0.1, 0.15) is 5.82 Å². The van der Waals surface area contributed by atoms with E-state index in [1.807, 2.05) is 0 Å². The molecule has 86 valence electrons. The quantitative estimate of drug-likeness (QED) is 0.768. The first-order valence-corrected chi connectivity index (χ1v) is 4.80. The number of anilines is 2. The second-order valence-electron chi connectivity index (χ2n) is 3.32. The lowest BCUT2D eigenvalue weighted by Crippen LogP contribution is -2.13.